The van der Waals surface area contributed by atoms with Crippen molar-refractivity contribution in [3.8, 4) is 0 Å². The van der Waals surface area contributed by atoms with Crippen molar-refractivity contribution in [2.45, 2.75) is 31.5 Å². The lowest BCUT2D eigenvalue weighted by Crippen LogP contribution is -2.40. The molecule has 11 heavy (non-hydrogen) atoms. The molecule has 0 aromatic carbocycles. The van der Waals surface area contributed by atoms with Crippen LogP contribution in [-0.4, -0.2) is 45.3 Å². The van der Waals surface area contributed by atoms with Crippen molar-refractivity contribution in [2.24, 2.45) is 0 Å². The van der Waals surface area contributed by atoms with Gasteiger partial charge in [0.1, 0.15) is 5.60 Å². The quantitative estimate of drug-likeness (QED) is 0.414. The van der Waals surface area contributed by atoms with Crippen molar-refractivity contribution in [2.75, 3.05) is 13.2 Å². The number of rotatable bonds is 5. The summed E-state index contributed by atoms with van der Waals surface area (Å²) in [6.07, 6.45) is -0.155. The lowest BCUT2D eigenvalue weighted by atomic mass is 9.97. The fourth-order valence-electron chi connectivity index (χ4n) is 0.762. The van der Waals surface area contributed by atoms with Crippen LogP contribution in [-0.2, 0) is 0 Å². The van der Waals surface area contributed by atoms with E-state index in [-0.39, 0.29) is 6.42 Å². The molecule has 1 atom stereocenters. The van der Waals surface area contributed by atoms with E-state index in [4.69, 9.17) is 15.3 Å². The summed E-state index contributed by atoms with van der Waals surface area (Å²) in [6, 6.07) is 0. The molecular formula is C7H16O4. The summed E-state index contributed by atoms with van der Waals surface area (Å²) in [5, 5.41) is 35.6. The summed E-state index contributed by atoms with van der Waals surface area (Å²) in [5.41, 5.74) is -1.53. The predicted octanol–water partition coefficient (Wildman–Crippen LogP) is -1.14. The van der Waals surface area contributed by atoms with Gasteiger partial charge in [-0.1, -0.05) is 6.92 Å². The third-order valence-electron chi connectivity index (χ3n) is 1.68. The second kappa shape index (κ2) is 4.66. The zero-order chi connectivity index (χ0) is 8.91. The maximum atomic E-state index is 9.27. The van der Waals surface area contributed by atoms with Gasteiger partial charge in [0.2, 0.25) is 0 Å². The van der Waals surface area contributed by atoms with Gasteiger partial charge in [-0.15, -0.1) is 0 Å². The SMILES string of the molecule is CCC(O)CC(O)(CO)CO. The summed E-state index contributed by atoms with van der Waals surface area (Å²) in [4.78, 5) is 0. The average Bonchev–Trinajstić information content (AvgIpc) is 2.04. The second-order valence-electron chi connectivity index (χ2n) is 2.81. The smallest absolute Gasteiger partial charge is 0.113 e. The van der Waals surface area contributed by atoms with E-state index in [1.807, 2.05) is 0 Å². The zero-order valence-corrected chi connectivity index (χ0v) is 6.69. The second-order valence-corrected chi connectivity index (χ2v) is 2.81. The Hall–Kier alpha value is -0.160. The average molecular weight is 164 g/mol. The van der Waals surface area contributed by atoms with Crippen LogP contribution >= 0.6 is 0 Å². The van der Waals surface area contributed by atoms with E-state index in [1.54, 1.807) is 6.92 Å². The van der Waals surface area contributed by atoms with Crippen LogP contribution in [0.15, 0.2) is 0 Å². The standard InChI is InChI=1S/C7H16O4/c1-2-6(10)3-7(11,4-8)5-9/h6,8-11H,2-5H2,1H3. The third kappa shape index (κ3) is 3.67. The summed E-state index contributed by atoms with van der Waals surface area (Å²) in [7, 11) is 0. The first-order valence-electron chi connectivity index (χ1n) is 3.70. The highest BCUT2D eigenvalue weighted by molar-refractivity contribution is 4.79. The van der Waals surface area contributed by atoms with Crippen LogP contribution in [0, 0.1) is 0 Å². The van der Waals surface area contributed by atoms with Gasteiger partial charge in [0.25, 0.3) is 0 Å². The molecular weight excluding hydrogens is 148 g/mol. The zero-order valence-electron chi connectivity index (χ0n) is 6.69. The van der Waals surface area contributed by atoms with E-state index in [2.05, 4.69) is 0 Å². The molecule has 0 aliphatic carbocycles. The van der Waals surface area contributed by atoms with Crippen LogP contribution < -0.4 is 0 Å². The van der Waals surface area contributed by atoms with E-state index in [9.17, 15) is 5.11 Å². The highest BCUT2D eigenvalue weighted by atomic mass is 16.4. The van der Waals surface area contributed by atoms with E-state index < -0.39 is 24.9 Å². The highest BCUT2D eigenvalue weighted by Gasteiger charge is 2.27. The predicted molar refractivity (Wildman–Crippen MR) is 40.0 cm³/mol. The molecule has 1 unspecified atom stereocenters. The molecule has 0 fully saturated rings. The van der Waals surface area contributed by atoms with Gasteiger partial charge in [0.15, 0.2) is 0 Å². The minimum absolute atomic E-state index is 0.0104. The molecule has 0 aromatic rings. The van der Waals surface area contributed by atoms with Crippen LogP contribution in [0.25, 0.3) is 0 Å². The molecule has 0 aliphatic rings. The number of hydrogen-bond donors (Lipinski definition) is 4. The first-order valence-corrected chi connectivity index (χ1v) is 3.70. The molecule has 4 nitrogen and oxygen atoms in total. The molecule has 4 N–H and O–H groups in total. The Morgan fingerprint density at radius 2 is 1.73 bits per heavy atom. The van der Waals surface area contributed by atoms with Crippen molar-refractivity contribution >= 4 is 0 Å². The van der Waals surface area contributed by atoms with Crippen molar-refractivity contribution in [3.05, 3.63) is 0 Å². The lowest BCUT2D eigenvalue weighted by molar-refractivity contribution is -0.0823. The summed E-state index contributed by atoms with van der Waals surface area (Å²) >= 11 is 0. The Bertz CT molecular complexity index is 101. The Kier molecular flexibility index (Phi) is 4.60. The molecule has 0 spiro atoms. The van der Waals surface area contributed by atoms with Crippen LogP contribution in [0.5, 0.6) is 0 Å². The minimum Gasteiger partial charge on any atom is -0.393 e. The molecule has 4 heteroatoms. The maximum absolute atomic E-state index is 9.27. The van der Waals surface area contributed by atoms with Crippen LogP contribution in [0.3, 0.4) is 0 Å². The van der Waals surface area contributed by atoms with Gasteiger partial charge >= 0.3 is 0 Å². The largest absolute Gasteiger partial charge is 0.393 e. The Morgan fingerprint density at radius 1 is 1.27 bits per heavy atom. The third-order valence-corrected chi connectivity index (χ3v) is 1.68. The molecule has 0 radical (unpaired) electrons. The van der Waals surface area contributed by atoms with Gasteiger partial charge in [-0.2, -0.15) is 0 Å². The van der Waals surface area contributed by atoms with Gasteiger partial charge in [-0.25, -0.2) is 0 Å². The molecule has 0 heterocycles. The van der Waals surface area contributed by atoms with Crippen LogP contribution in [0.2, 0.25) is 0 Å². The van der Waals surface area contributed by atoms with Crippen molar-refractivity contribution < 1.29 is 20.4 Å². The van der Waals surface area contributed by atoms with Crippen molar-refractivity contribution in [1.82, 2.24) is 0 Å². The molecule has 0 saturated carbocycles. The van der Waals surface area contributed by atoms with Crippen LogP contribution in [0.4, 0.5) is 0 Å². The first kappa shape index (κ1) is 10.8. The van der Waals surface area contributed by atoms with Gasteiger partial charge in [0.05, 0.1) is 19.3 Å². The number of aliphatic hydroxyl groups is 4. The lowest BCUT2D eigenvalue weighted by Gasteiger charge is -2.25. The Balaban J connectivity index is 3.86. The first-order chi connectivity index (χ1) is 5.08. The van der Waals surface area contributed by atoms with Crippen molar-refractivity contribution in [1.29, 1.82) is 0 Å². The maximum Gasteiger partial charge on any atom is 0.113 e. The molecule has 0 bridgehead atoms. The van der Waals surface area contributed by atoms with E-state index in [0.29, 0.717) is 6.42 Å². The fourth-order valence-corrected chi connectivity index (χ4v) is 0.762. The van der Waals surface area contributed by atoms with Gasteiger partial charge < -0.3 is 20.4 Å². The molecule has 0 aromatic heterocycles. The highest BCUT2D eigenvalue weighted by Crippen LogP contribution is 2.12. The Labute approximate surface area is 66.1 Å². The molecule has 0 amide bonds. The Morgan fingerprint density at radius 3 is 2.00 bits per heavy atom. The van der Waals surface area contributed by atoms with Gasteiger partial charge in [-0.05, 0) is 6.42 Å². The van der Waals surface area contributed by atoms with Gasteiger partial charge in [-0.3, -0.25) is 0 Å². The number of aliphatic hydroxyl groups excluding tert-OH is 3. The molecule has 68 valence electrons. The van der Waals surface area contributed by atoms with Crippen LogP contribution in [0.1, 0.15) is 19.8 Å². The summed E-state index contributed by atoms with van der Waals surface area (Å²) in [5.74, 6) is 0. The summed E-state index contributed by atoms with van der Waals surface area (Å²) < 4.78 is 0. The monoisotopic (exact) mass is 164 g/mol. The van der Waals surface area contributed by atoms with Crippen molar-refractivity contribution in [3.63, 3.8) is 0 Å². The minimum atomic E-state index is -1.53. The summed E-state index contributed by atoms with van der Waals surface area (Å²) in [6.45, 7) is 0.709. The molecule has 0 aliphatic heterocycles. The topological polar surface area (TPSA) is 80.9 Å². The molecule has 0 saturated heterocycles. The number of hydrogen-bond acceptors (Lipinski definition) is 4. The van der Waals surface area contributed by atoms with E-state index >= 15 is 0 Å². The van der Waals surface area contributed by atoms with Gasteiger partial charge in [0, 0.05) is 6.42 Å². The van der Waals surface area contributed by atoms with E-state index in [0.717, 1.165) is 0 Å². The fraction of sp³-hybridized carbons (Fsp3) is 1.00. The van der Waals surface area contributed by atoms with E-state index in [1.165, 1.54) is 0 Å². The normalized spacial score (nSPS) is 15.0. The molecule has 0 rings (SSSR count).